The highest BCUT2D eigenvalue weighted by Gasteiger charge is 2.27. The van der Waals surface area contributed by atoms with E-state index in [0.29, 0.717) is 0 Å². The van der Waals surface area contributed by atoms with Gasteiger partial charge in [0.2, 0.25) is 0 Å². The van der Waals surface area contributed by atoms with Gasteiger partial charge in [-0.3, -0.25) is 9.80 Å². The van der Waals surface area contributed by atoms with Crippen LogP contribution in [-0.2, 0) is 13.0 Å². The molecule has 1 aromatic heterocycles. The minimum absolute atomic E-state index is 0.807. The average Bonchev–Trinajstić information content (AvgIpc) is 2.78. The predicted octanol–water partition coefficient (Wildman–Crippen LogP) is 2.77. The Balaban J connectivity index is 1.61. The van der Waals surface area contributed by atoms with Crippen molar-refractivity contribution in [2.24, 2.45) is 0 Å². The standard InChI is InChI=1S/C15H25N3S/c1-2-14-10-16-15(19-14)12-17-7-5-9-18-8-4-3-6-13(18)11-17/h10,13H,2-9,11-12H2,1H3. The Morgan fingerprint density at radius 2 is 2.16 bits per heavy atom. The van der Waals surface area contributed by atoms with E-state index in [2.05, 4.69) is 27.9 Å². The summed E-state index contributed by atoms with van der Waals surface area (Å²) in [5, 5.41) is 1.31. The van der Waals surface area contributed by atoms with E-state index in [1.54, 1.807) is 0 Å². The Morgan fingerprint density at radius 3 is 3.00 bits per heavy atom. The van der Waals surface area contributed by atoms with Crippen molar-refractivity contribution in [2.75, 3.05) is 26.2 Å². The maximum absolute atomic E-state index is 4.58. The third-order valence-corrected chi connectivity index (χ3v) is 5.57. The van der Waals surface area contributed by atoms with Crippen molar-refractivity contribution in [3.8, 4) is 0 Å². The molecule has 0 saturated carbocycles. The SMILES string of the molecule is CCc1cnc(CN2CCCN3CCCCC3C2)s1. The van der Waals surface area contributed by atoms with Crippen molar-refractivity contribution in [1.82, 2.24) is 14.8 Å². The van der Waals surface area contributed by atoms with Crippen molar-refractivity contribution < 1.29 is 0 Å². The van der Waals surface area contributed by atoms with E-state index >= 15 is 0 Å². The van der Waals surface area contributed by atoms with Crippen LogP contribution in [0.3, 0.4) is 0 Å². The van der Waals surface area contributed by atoms with E-state index in [9.17, 15) is 0 Å². The Morgan fingerprint density at radius 1 is 1.26 bits per heavy atom. The van der Waals surface area contributed by atoms with Gasteiger partial charge in [0.15, 0.2) is 0 Å². The number of aryl methyl sites for hydroxylation is 1. The smallest absolute Gasteiger partial charge is 0.107 e. The van der Waals surface area contributed by atoms with Crippen molar-refractivity contribution in [3.05, 3.63) is 16.1 Å². The minimum atomic E-state index is 0.807. The summed E-state index contributed by atoms with van der Waals surface area (Å²) in [7, 11) is 0. The molecule has 3 nitrogen and oxygen atoms in total. The maximum Gasteiger partial charge on any atom is 0.107 e. The molecule has 0 aromatic carbocycles. The zero-order chi connectivity index (χ0) is 13.1. The Labute approximate surface area is 120 Å². The summed E-state index contributed by atoms with van der Waals surface area (Å²) in [4.78, 5) is 11.4. The normalized spacial score (nSPS) is 26.1. The molecular formula is C15H25N3S. The van der Waals surface area contributed by atoms with E-state index in [1.807, 2.05) is 11.3 Å². The van der Waals surface area contributed by atoms with Crippen molar-refractivity contribution in [3.63, 3.8) is 0 Å². The number of piperidine rings is 1. The molecule has 2 fully saturated rings. The lowest BCUT2D eigenvalue weighted by molar-refractivity contribution is 0.135. The van der Waals surface area contributed by atoms with E-state index in [0.717, 1.165) is 19.0 Å². The van der Waals surface area contributed by atoms with Crippen LogP contribution < -0.4 is 0 Å². The molecule has 3 rings (SSSR count). The molecule has 0 aliphatic carbocycles. The van der Waals surface area contributed by atoms with Gasteiger partial charge in [0.25, 0.3) is 0 Å². The number of nitrogens with zero attached hydrogens (tertiary/aromatic N) is 3. The van der Waals surface area contributed by atoms with E-state index in [4.69, 9.17) is 0 Å². The van der Waals surface area contributed by atoms with Gasteiger partial charge in [0, 0.05) is 23.7 Å². The van der Waals surface area contributed by atoms with Gasteiger partial charge in [-0.25, -0.2) is 4.98 Å². The highest BCUT2D eigenvalue weighted by molar-refractivity contribution is 7.11. The number of hydrogen-bond donors (Lipinski definition) is 0. The first-order valence-corrected chi connectivity index (χ1v) is 8.57. The molecule has 2 aliphatic rings. The predicted molar refractivity (Wildman–Crippen MR) is 80.6 cm³/mol. The molecule has 1 aromatic rings. The second kappa shape index (κ2) is 6.33. The minimum Gasteiger partial charge on any atom is -0.299 e. The molecule has 1 atom stereocenters. The second-order valence-electron chi connectivity index (χ2n) is 5.85. The summed E-state index contributed by atoms with van der Waals surface area (Å²) >= 11 is 1.90. The molecule has 0 bridgehead atoms. The number of hydrogen-bond acceptors (Lipinski definition) is 4. The molecule has 106 valence electrons. The zero-order valence-corrected chi connectivity index (χ0v) is 12.8. The lowest BCUT2D eigenvalue weighted by Gasteiger charge is -2.35. The van der Waals surface area contributed by atoms with Crippen LogP contribution in [0.2, 0.25) is 0 Å². The van der Waals surface area contributed by atoms with Gasteiger partial charge >= 0.3 is 0 Å². The zero-order valence-electron chi connectivity index (χ0n) is 12.0. The molecule has 0 spiro atoms. The average molecular weight is 279 g/mol. The lowest BCUT2D eigenvalue weighted by atomic mass is 10.0. The van der Waals surface area contributed by atoms with Crippen molar-refractivity contribution >= 4 is 11.3 Å². The first-order valence-electron chi connectivity index (χ1n) is 7.75. The van der Waals surface area contributed by atoms with Crippen LogP contribution in [0, 0.1) is 0 Å². The number of fused-ring (bicyclic) bond motifs is 1. The van der Waals surface area contributed by atoms with Crippen LogP contribution in [0.5, 0.6) is 0 Å². The first-order chi connectivity index (χ1) is 9.35. The molecule has 4 heteroatoms. The van der Waals surface area contributed by atoms with Crippen molar-refractivity contribution in [1.29, 1.82) is 0 Å². The van der Waals surface area contributed by atoms with Crippen LogP contribution >= 0.6 is 11.3 Å². The monoisotopic (exact) mass is 279 g/mol. The molecule has 0 N–H and O–H groups in total. The van der Waals surface area contributed by atoms with E-state index < -0.39 is 0 Å². The summed E-state index contributed by atoms with van der Waals surface area (Å²) in [6, 6.07) is 0.807. The summed E-state index contributed by atoms with van der Waals surface area (Å²) in [5.41, 5.74) is 0. The highest BCUT2D eigenvalue weighted by Crippen LogP contribution is 2.23. The number of rotatable bonds is 3. The maximum atomic E-state index is 4.58. The molecule has 3 heterocycles. The van der Waals surface area contributed by atoms with E-state index in [-0.39, 0.29) is 0 Å². The fourth-order valence-corrected chi connectivity index (χ4v) is 4.27. The summed E-state index contributed by atoms with van der Waals surface area (Å²) in [5.74, 6) is 0. The fraction of sp³-hybridized carbons (Fsp3) is 0.800. The molecule has 0 radical (unpaired) electrons. The van der Waals surface area contributed by atoms with Gasteiger partial charge in [0.05, 0.1) is 6.54 Å². The molecule has 19 heavy (non-hydrogen) atoms. The number of aromatic nitrogens is 1. The summed E-state index contributed by atoms with van der Waals surface area (Å²) in [6.07, 6.45) is 8.73. The van der Waals surface area contributed by atoms with Crippen LogP contribution in [0.15, 0.2) is 6.20 Å². The Kier molecular flexibility index (Phi) is 4.51. The van der Waals surface area contributed by atoms with E-state index in [1.165, 1.54) is 61.7 Å². The molecule has 0 amide bonds. The largest absolute Gasteiger partial charge is 0.299 e. The van der Waals surface area contributed by atoms with Gasteiger partial charge in [0.1, 0.15) is 5.01 Å². The summed E-state index contributed by atoms with van der Waals surface area (Å²) in [6.45, 7) is 8.40. The van der Waals surface area contributed by atoms with Crippen molar-refractivity contribution in [2.45, 2.75) is 51.6 Å². The fourth-order valence-electron chi connectivity index (χ4n) is 3.37. The van der Waals surface area contributed by atoms with Gasteiger partial charge in [-0.1, -0.05) is 13.3 Å². The third kappa shape index (κ3) is 3.36. The Hall–Kier alpha value is -0.450. The molecule has 2 saturated heterocycles. The molecular weight excluding hydrogens is 254 g/mol. The quantitative estimate of drug-likeness (QED) is 0.848. The van der Waals surface area contributed by atoms with Crippen LogP contribution in [0.25, 0.3) is 0 Å². The molecule has 2 aliphatic heterocycles. The van der Waals surface area contributed by atoms with Gasteiger partial charge < -0.3 is 0 Å². The summed E-state index contributed by atoms with van der Waals surface area (Å²) < 4.78 is 0. The lowest BCUT2D eigenvalue weighted by Crippen LogP contribution is -2.43. The van der Waals surface area contributed by atoms with Crippen LogP contribution in [-0.4, -0.2) is 47.0 Å². The Bertz CT molecular complexity index is 404. The van der Waals surface area contributed by atoms with Gasteiger partial charge in [-0.05, 0) is 45.3 Å². The second-order valence-corrected chi connectivity index (χ2v) is 7.05. The topological polar surface area (TPSA) is 19.4 Å². The highest BCUT2D eigenvalue weighted by atomic mass is 32.1. The van der Waals surface area contributed by atoms with Gasteiger partial charge in [-0.15, -0.1) is 11.3 Å². The molecule has 1 unspecified atom stereocenters. The first kappa shape index (κ1) is 13.5. The van der Waals surface area contributed by atoms with Crippen LogP contribution in [0.1, 0.15) is 42.5 Å². The number of thiazole rings is 1. The van der Waals surface area contributed by atoms with Crippen LogP contribution in [0.4, 0.5) is 0 Å². The third-order valence-electron chi connectivity index (χ3n) is 4.45. The van der Waals surface area contributed by atoms with Gasteiger partial charge in [-0.2, -0.15) is 0 Å².